The molecular formula is C59H96O6. The van der Waals surface area contributed by atoms with Crippen LogP contribution in [0.1, 0.15) is 226 Å². The lowest BCUT2D eigenvalue weighted by Crippen LogP contribution is -2.30. The van der Waals surface area contributed by atoms with Crippen molar-refractivity contribution in [3.63, 3.8) is 0 Å². The lowest BCUT2D eigenvalue weighted by molar-refractivity contribution is -0.167. The SMILES string of the molecule is CC/C=C\C/C=C\C/C=C\C/C=C\C/C=C\CCCCCC(=O)OC[C@H](COC(=O)CCCCCCC/C=C\CCCCCC)OC(=O)CCCCCCC/C=C\C/C=C\C/C=C\CC. The van der Waals surface area contributed by atoms with Gasteiger partial charge in [-0.15, -0.1) is 0 Å². The Morgan fingerprint density at radius 3 is 0.969 bits per heavy atom. The highest BCUT2D eigenvalue weighted by atomic mass is 16.6. The fourth-order valence-corrected chi connectivity index (χ4v) is 6.83. The van der Waals surface area contributed by atoms with Crippen molar-refractivity contribution in [2.24, 2.45) is 0 Å². The van der Waals surface area contributed by atoms with E-state index in [2.05, 4.69) is 130 Å². The van der Waals surface area contributed by atoms with Gasteiger partial charge in [0.05, 0.1) is 0 Å². The largest absolute Gasteiger partial charge is 0.462 e. The van der Waals surface area contributed by atoms with E-state index in [0.717, 1.165) is 148 Å². The fourth-order valence-electron chi connectivity index (χ4n) is 6.83. The number of esters is 3. The van der Waals surface area contributed by atoms with Crippen molar-refractivity contribution in [1.29, 1.82) is 0 Å². The molecule has 0 N–H and O–H groups in total. The molecular weight excluding hydrogens is 805 g/mol. The zero-order chi connectivity index (χ0) is 47.2. The normalized spacial score (nSPS) is 13.0. The van der Waals surface area contributed by atoms with E-state index in [1.807, 2.05) is 0 Å². The monoisotopic (exact) mass is 901 g/mol. The first-order valence-electron chi connectivity index (χ1n) is 26.4. The van der Waals surface area contributed by atoms with Gasteiger partial charge in [0.1, 0.15) is 13.2 Å². The first kappa shape index (κ1) is 61.1. The average molecular weight is 901 g/mol. The second kappa shape index (κ2) is 52.7. The first-order valence-corrected chi connectivity index (χ1v) is 26.4. The zero-order valence-corrected chi connectivity index (χ0v) is 42.0. The first-order chi connectivity index (χ1) is 32.0. The molecule has 0 aliphatic carbocycles. The Labute approximate surface area is 400 Å². The molecule has 0 saturated carbocycles. The van der Waals surface area contributed by atoms with Crippen LogP contribution < -0.4 is 0 Å². The van der Waals surface area contributed by atoms with Gasteiger partial charge in [0, 0.05) is 19.3 Å². The van der Waals surface area contributed by atoms with Crippen LogP contribution >= 0.6 is 0 Å². The lowest BCUT2D eigenvalue weighted by Gasteiger charge is -2.18. The summed E-state index contributed by atoms with van der Waals surface area (Å²) in [6.07, 6.45) is 70.7. The van der Waals surface area contributed by atoms with E-state index >= 15 is 0 Å². The zero-order valence-electron chi connectivity index (χ0n) is 42.0. The van der Waals surface area contributed by atoms with Crippen molar-refractivity contribution >= 4 is 17.9 Å². The van der Waals surface area contributed by atoms with Crippen LogP contribution in [0.15, 0.2) is 109 Å². The van der Waals surface area contributed by atoms with Gasteiger partial charge in [-0.3, -0.25) is 14.4 Å². The molecule has 6 nitrogen and oxygen atoms in total. The average Bonchev–Trinajstić information content (AvgIpc) is 3.30. The molecule has 1 atom stereocenters. The third-order valence-electron chi connectivity index (χ3n) is 10.7. The summed E-state index contributed by atoms with van der Waals surface area (Å²) in [5.74, 6) is -0.965. The second-order valence-corrected chi connectivity index (χ2v) is 17.0. The summed E-state index contributed by atoms with van der Waals surface area (Å²) in [4.78, 5) is 38.0. The quantitative estimate of drug-likeness (QED) is 0.0262. The molecule has 0 aliphatic rings. The van der Waals surface area contributed by atoms with Crippen LogP contribution in [0.2, 0.25) is 0 Å². The Hall–Kier alpha value is -3.93. The van der Waals surface area contributed by atoms with E-state index in [9.17, 15) is 14.4 Å². The molecule has 0 rings (SSSR count). The fraction of sp³-hybridized carbons (Fsp3) is 0.644. The highest BCUT2D eigenvalue weighted by Gasteiger charge is 2.19. The Balaban J connectivity index is 4.49. The molecule has 368 valence electrons. The highest BCUT2D eigenvalue weighted by molar-refractivity contribution is 5.71. The van der Waals surface area contributed by atoms with Crippen molar-refractivity contribution in [2.45, 2.75) is 232 Å². The van der Waals surface area contributed by atoms with Gasteiger partial charge in [0.25, 0.3) is 0 Å². The van der Waals surface area contributed by atoms with Crippen molar-refractivity contribution < 1.29 is 28.6 Å². The van der Waals surface area contributed by atoms with Crippen molar-refractivity contribution in [3.05, 3.63) is 109 Å². The van der Waals surface area contributed by atoms with Crippen LogP contribution in [-0.4, -0.2) is 37.2 Å². The van der Waals surface area contributed by atoms with Gasteiger partial charge in [-0.25, -0.2) is 0 Å². The number of allylic oxidation sites excluding steroid dienone is 18. The van der Waals surface area contributed by atoms with Gasteiger partial charge in [0.15, 0.2) is 6.10 Å². The topological polar surface area (TPSA) is 78.9 Å². The van der Waals surface area contributed by atoms with Crippen molar-refractivity contribution in [2.75, 3.05) is 13.2 Å². The molecule has 0 saturated heterocycles. The van der Waals surface area contributed by atoms with Gasteiger partial charge >= 0.3 is 17.9 Å². The molecule has 65 heavy (non-hydrogen) atoms. The number of carbonyl (C=O) groups excluding carboxylic acids is 3. The molecule has 0 aliphatic heterocycles. The smallest absolute Gasteiger partial charge is 0.306 e. The maximum atomic E-state index is 12.8. The summed E-state index contributed by atoms with van der Waals surface area (Å²) in [6, 6.07) is 0. The standard InChI is InChI=1S/C59H96O6/c1-4-7-10-13-16-19-22-25-27-28-29-30-32-34-37-40-43-46-49-52-58(61)64-55-56(54-63-57(60)51-48-45-42-39-36-33-24-21-18-15-12-9-6-3)65-59(62)53-50-47-44-41-38-35-31-26-23-20-17-14-11-8-5-2/h7-8,10-11,16-17,19-21,24-27,29-31,34,37,56H,4-6,9,12-15,18,22-23,28,32-33,35-36,38-55H2,1-3H3/b10-7-,11-8-,19-16-,20-17-,24-21-,27-25-,30-29-,31-26-,37-34-/t56-/m0/s1. The van der Waals surface area contributed by atoms with Gasteiger partial charge in [-0.2, -0.15) is 0 Å². The number of unbranched alkanes of at least 4 members (excludes halogenated alkanes) is 17. The minimum absolute atomic E-state index is 0.102. The van der Waals surface area contributed by atoms with Crippen molar-refractivity contribution in [1.82, 2.24) is 0 Å². The minimum atomic E-state index is -0.806. The Morgan fingerprint density at radius 1 is 0.323 bits per heavy atom. The van der Waals surface area contributed by atoms with E-state index in [-0.39, 0.29) is 31.1 Å². The molecule has 0 amide bonds. The number of carbonyl (C=O) groups is 3. The molecule has 0 aromatic carbocycles. The summed E-state index contributed by atoms with van der Waals surface area (Å²) in [5, 5.41) is 0. The van der Waals surface area contributed by atoms with Crippen LogP contribution in [0.5, 0.6) is 0 Å². The molecule has 0 radical (unpaired) electrons. The lowest BCUT2D eigenvalue weighted by atomic mass is 10.1. The van der Waals surface area contributed by atoms with E-state index < -0.39 is 6.10 Å². The maximum Gasteiger partial charge on any atom is 0.306 e. The minimum Gasteiger partial charge on any atom is -0.462 e. The number of hydrogen-bond donors (Lipinski definition) is 0. The van der Waals surface area contributed by atoms with Gasteiger partial charge in [0.2, 0.25) is 0 Å². The highest BCUT2D eigenvalue weighted by Crippen LogP contribution is 2.13. The van der Waals surface area contributed by atoms with E-state index in [4.69, 9.17) is 14.2 Å². The summed E-state index contributed by atoms with van der Waals surface area (Å²) < 4.78 is 16.8. The van der Waals surface area contributed by atoms with E-state index in [1.165, 1.54) is 38.5 Å². The Bertz CT molecular complexity index is 1360. The van der Waals surface area contributed by atoms with Gasteiger partial charge < -0.3 is 14.2 Å². The number of rotatable bonds is 46. The summed E-state index contributed by atoms with van der Waals surface area (Å²) in [5.41, 5.74) is 0. The van der Waals surface area contributed by atoms with Crippen LogP contribution in [0.25, 0.3) is 0 Å². The molecule has 0 bridgehead atoms. The molecule has 0 fully saturated rings. The predicted octanol–water partition coefficient (Wildman–Crippen LogP) is 17.5. The second-order valence-electron chi connectivity index (χ2n) is 17.0. The van der Waals surface area contributed by atoms with Crippen LogP contribution in [0, 0.1) is 0 Å². The summed E-state index contributed by atoms with van der Waals surface area (Å²) in [7, 11) is 0. The van der Waals surface area contributed by atoms with Crippen molar-refractivity contribution in [3.8, 4) is 0 Å². The summed E-state index contributed by atoms with van der Waals surface area (Å²) in [6.45, 7) is 6.33. The Kier molecular flexibility index (Phi) is 49.5. The van der Waals surface area contributed by atoms with Crippen LogP contribution in [0.4, 0.5) is 0 Å². The third-order valence-corrected chi connectivity index (χ3v) is 10.7. The predicted molar refractivity (Wildman–Crippen MR) is 279 cm³/mol. The summed E-state index contributed by atoms with van der Waals surface area (Å²) >= 11 is 0. The molecule has 6 heteroatoms. The van der Waals surface area contributed by atoms with E-state index in [0.29, 0.717) is 19.3 Å². The number of hydrogen-bond acceptors (Lipinski definition) is 6. The van der Waals surface area contributed by atoms with Gasteiger partial charge in [-0.1, -0.05) is 194 Å². The van der Waals surface area contributed by atoms with Crippen LogP contribution in [-0.2, 0) is 28.6 Å². The molecule has 0 aromatic rings. The number of ether oxygens (including phenoxy) is 3. The van der Waals surface area contributed by atoms with E-state index in [1.54, 1.807) is 0 Å². The molecule has 0 spiro atoms. The third kappa shape index (κ3) is 50.9. The Morgan fingerprint density at radius 2 is 0.600 bits per heavy atom. The maximum absolute atomic E-state index is 12.8. The molecule has 0 heterocycles. The van der Waals surface area contributed by atoms with Crippen LogP contribution in [0.3, 0.4) is 0 Å². The molecule has 0 unspecified atom stereocenters. The molecule has 0 aromatic heterocycles. The van der Waals surface area contributed by atoms with Gasteiger partial charge in [-0.05, 0) is 122 Å².